The number of ether oxygens (including phenoxy) is 1. The number of rotatable bonds is 3. The Morgan fingerprint density at radius 3 is 2.44 bits per heavy atom. The molecular formula is C14H21N3O. The van der Waals surface area contributed by atoms with Gasteiger partial charge in [-0.25, -0.2) is 0 Å². The fraction of sp³-hybridized carbons (Fsp3) is 0.571. The SMILES string of the molecule is NNC1CC2COCC(C1)N2Cc1ccccc1. The van der Waals surface area contributed by atoms with Gasteiger partial charge in [-0.2, -0.15) is 0 Å². The lowest BCUT2D eigenvalue weighted by atomic mass is 9.90. The van der Waals surface area contributed by atoms with E-state index in [4.69, 9.17) is 10.6 Å². The van der Waals surface area contributed by atoms with Crippen LogP contribution in [0.3, 0.4) is 0 Å². The molecule has 2 aliphatic heterocycles. The lowest BCUT2D eigenvalue weighted by Gasteiger charge is -2.48. The van der Waals surface area contributed by atoms with Crippen LogP contribution < -0.4 is 11.3 Å². The molecular weight excluding hydrogens is 226 g/mol. The number of benzene rings is 1. The molecule has 2 saturated heterocycles. The Morgan fingerprint density at radius 1 is 1.17 bits per heavy atom. The van der Waals surface area contributed by atoms with Crippen LogP contribution >= 0.6 is 0 Å². The molecule has 2 aliphatic rings. The predicted octanol–water partition coefficient (Wildman–Crippen LogP) is 0.882. The number of hydrogen-bond acceptors (Lipinski definition) is 4. The van der Waals surface area contributed by atoms with Gasteiger partial charge in [0, 0.05) is 24.7 Å². The maximum atomic E-state index is 5.69. The zero-order chi connectivity index (χ0) is 12.4. The number of hydrogen-bond donors (Lipinski definition) is 2. The molecule has 98 valence electrons. The van der Waals surface area contributed by atoms with Crippen LogP contribution in [0.25, 0.3) is 0 Å². The molecule has 0 saturated carbocycles. The van der Waals surface area contributed by atoms with Crippen molar-refractivity contribution in [2.45, 2.75) is 37.5 Å². The topological polar surface area (TPSA) is 50.5 Å². The van der Waals surface area contributed by atoms with E-state index < -0.39 is 0 Å². The molecule has 1 aromatic rings. The first-order valence-electron chi connectivity index (χ1n) is 6.70. The highest BCUT2D eigenvalue weighted by atomic mass is 16.5. The highest BCUT2D eigenvalue weighted by Crippen LogP contribution is 2.29. The van der Waals surface area contributed by atoms with Crippen molar-refractivity contribution in [3.63, 3.8) is 0 Å². The summed E-state index contributed by atoms with van der Waals surface area (Å²) in [5, 5.41) is 0. The summed E-state index contributed by atoms with van der Waals surface area (Å²) in [6.45, 7) is 2.69. The summed E-state index contributed by atoms with van der Waals surface area (Å²) in [5.74, 6) is 5.60. The average Bonchev–Trinajstić information content (AvgIpc) is 2.39. The fourth-order valence-electron chi connectivity index (χ4n) is 3.18. The fourth-order valence-corrected chi connectivity index (χ4v) is 3.18. The van der Waals surface area contributed by atoms with E-state index in [2.05, 4.69) is 40.7 Å². The van der Waals surface area contributed by atoms with Crippen molar-refractivity contribution in [3.05, 3.63) is 35.9 Å². The van der Waals surface area contributed by atoms with Gasteiger partial charge >= 0.3 is 0 Å². The average molecular weight is 247 g/mol. The van der Waals surface area contributed by atoms with Crippen LogP contribution in [0.5, 0.6) is 0 Å². The van der Waals surface area contributed by atoms with Gasteiger partial charge in [0.1, 0.15) is 0 Å². The van der Waals surface area contributed by atoms with Crippen molar-refractivity contribution in [2.75, 3.05) is 13.2 Å². The van der Waals surface area contributed by atoms with Gasteiger partial charge in [0.25, 0.3) is 0 Å². The molecule has 3 N–H and O–H groups in total. The van der Waals surface area contributed by atoms with Gasteiger partial charge in [0.2, 0.25) is 0 Å². The third-order valence-corrected chi connectivity index (χ3v) is 4.12. The summed E-state index contributed by atoms with van der Waals surface area (Å²) in [4.78, 5) is 2.59. The summed E-state index contributed by atoms with van der Waals surface area (Å²) in [6.07, 6.45) is 2.17. The van der Waals surface area contributed by atoms with Crippen molar-refractivity contribution in [3.8, 4) is 0 Å². The molecule has 2 bridgehead atoms. The zero-order valence-electron chi connectivity index (χ0n) is 10.6. The number of hydrazine groups is 1. The molecule has 4 nitrogen and oxygen atoms in total. The number of fused-ring (bicyclic) bond motifs is 2. The maximum absolute atomic E-state index is 5.69. The van der Waals surface area contributed by atoms with Gasteiger partial charge in [-0.05, 0) is 18.4 Å². The molecule has 18 heavy (non-hydrogen) atoms. The predicted molar refractivity (Wildman–Crippen MR) is 70.7 cm³/mol. The minimum Gasteiger partial charge on any atom is -0.378 e. The van der Waals surface area contributed by atoms with E-state index in [0.29, 0.717) is 18.1 Å². The molecule has 2 unspecified atom stereocenters. The first-order valence-corrected chi connectivity index (χ1v) is 6.70. The summed E-state index contributed by atoms with van der Waals surface area (Å²) < 4.78 is 5.69. The summed E-state index contributed by atoms with van der Waals surface area (Å²) >= 11 is 0. The van der Waals surface area contributed by atoms with Crippen LogP contribution in [0.1, 0.15) is 18.4 Å². The van der Waals surface area contributed by atoms with E-state index in [9.17, 15) is 0 Å². The molecule has 0 amide bonds. The third-order valence-electron chi connectivity index (χ3n) is 4.12. The van der Waals surface area contributed by atoms with Crippen molar-refractivity contribution < 1.29 is 4.74 Å². The van der Waals surface area contributed by atoms with E-state index in [1.165, 1.54) is 5.56 Å². The summed E-state index contributed by atoms with van der Waals surface area (Å²) in [7, 11) is 0. The van der Waals surface area contributed by atoms with E-state index in [0.717, 1.165) is 32.6 Å². The van der Waals surface area contributed by atoms with Gasteiger partial charge < -0.3 is 4.74 Å². The summed E-state index contributed by atoms with van der Waals surface area (Å²) in [6, 6.07) is 12.1. The smallest absolute Gasteiger partial charge is 0.0623 e. The minimum atomic E-state index is 0.441. The Kier molecular flexibility index (Phi) is 3.61. The normalized spacial score (nSPS) is 32.4. The van der Waals surface area contributed by atoms with Gasteiger partial charge in [-0.1, -0.05) is 30.3 Å². The van der Waals surface area contributed by atoms with E-state index in [-0.39, 0.29) is 0 Å². The Morgan fingerprint density at radius 2 is 1.83 bits per heavy atom. The Bertz CT molecular complexity index is 370. The molecule has 0 spiro atoms. The minimum absolute atomic E-state index is 0.441. The Balaban J connectivity index is 1.72. The molecule has 2 heterocycles. The van der Waals surface area contributed by atoms with Crippen LogP contribution in [0.4, 0.5) is 0 Å². The largest absolute Gasteiger partial charge is 0.378 e. The van der Waals surface area contributed by atoms with E-state index >= 15 is 0 Å². The van der Waals surface area contributed by atoms with Crippen LogP contribution in [-0.4, -0.2) is 36.2 Å². The van der Waals surface area contributed by atoms with Gasteiger partial charge in [-0.3, -0.25) is 16.2 Å². The highest BCUT2D eigenvalue weighted by Gasteiger charge is 2.38. The number of nitrogens with one attached hydrogen (secondary N) is 1. The molecule has 0 aliphatic carbocycles. The lowest BCUT2D eigenvalue weighted by molar-refractivity contribution is -0.0851. The monoisotopic (exact) mass is 247 g/mol. The van der Waals surface area contributed by atoms with E-state index in [1.54, 1.807) is 0 Å². The van der Waals surface area contributed by atoms with Crippen LogP contribution in [-0.2, 0) is 11.3 Å². The van der Waals surface area contributed by atoms with Crippen molar-refractivity contribution in [1.82, 2.24) is 10.3 Å². The number of nitrogens with two attached hydrogens (primary N) is 1. The van der Waals surface area contributed by atoms with Gasteiger partial charge in [0.15, 0.2) is 0 Å². The standard InChI is InChI=1S/C14H21N3O/c15-16-12-6-13-9-18-10-14(7-12)17(13)8-11-4-2-1-3-5-11/h1-5,12-14,16H,6-10,15H2. The van der Waals surface area contributed by atoms with Crippen molar-refractivity contribution >= 4 is 0 Å². The Labute approximate surface area is 108 Å². The van der Waals surface area contributed by atoms with Gasteiger partial charge in [-0.15, -0.1) is 0 Å². The number of piperidine rings is 1. The molecule has 3 rings (SSSR count). The van der Waals surface area contributed by atoms with Crippen LogP contribution in [0, 0.1) is 0 Å². The molecule has 1 aromatic carbocycles. The second kappa shape index (κ2) is 5.36. The molecule has 0 aromatic heterocycles. The highest BCUT2D eigenvalue weighted by molar-refractivity contribution is 5.15. The van der Waals surface area contributed by atoms with Crippen LogP contribution in [0.15, 0.2) is 30.3 Å². The quantitative estimate of drug-likeness (QED) is 0.615. The van der Waals surface area contributed by atoms with Crippen molar-refractivity contribution in [1.29, 1.82) is 0 Å². The molecule has 2 atom stereocenters. The van der Waals surface area contributed by atoms with E-state index in [1.807, 2.05) is 0 Å². The lowest BCUT2D eigenvalue weighted by Crippen LogP contribution is -2.60. The zero-order valence-corrected chi connectivity index (χ0v) is 10.6. The molecule has 4 heteroatoms. The maximum Gasteiger partial charge on any atom is 0.0623 e. The first-order chi connectivity index (χ1) is 8.86. The second-order valence-electron chi connectivity index (χ2n) is 5.34. The van der Waals surface area contributed by atoms with Crippen LogP contribution in [0.2, 0.25) is 0 Å². The summed E-state index contributed by atoms with van der Waals surface area (Å²) in [5.41, 5.74) is 4.32. The molecule has 0 radical (unpaired) electrons. The third kappa shape index (κ3) is 2.42. The second-order valence-corrected chi connectivity index (χ2v) is 5.34. The van der Waals surface area contributed by atoms with Gasteiger partial charge in [0.05, 0.1) is 13.2 Å². The number of nitrogens with zero attached hydrogens (tertiary/aromatic N) is 1. The Hall–Kier alpha value is -0.940. The first kappa shape index (κ1) is 12.1. The van der Waals surface area contributed by atoms with Crippen molar-refractivity contribution in [2.24, 2.45) is 5.84 Å². The number of morpholine rings is 1. The molecule has 2 fully saturated rings.